The first kappa shape index (κ1) is 39.9. The number of fused-ring (bicyclic) bond motifs is 4. The van der Waals surface area contributed by atoms with E-state index < -0.39 is 15.6 Å². The number of alkyl halides is 3. The highest BCUT2D eigenvalue weighted by atomic mass is 79.9. The van der Waals surface area contributed by atoms with Crippen LogP contribution in [0.4, 0.5) is 13.2 Å². The highest BCUT2D eigenvalue weighted by Gasteiger charge is 2.48. The molecular weight excluding hydrogens is 810 g/mol. The number of hydrogen-bond acceptors (Lipinski definition) is 11. The maximum Gasteiger partial charge on any atom is 0.534 e. The lowest BCUT2D eigenvalue weighted by Crippen LogP contribution is -2.40. The summed E-state index contributed by atoms with van der Waals surface area (Å²) in [5.74, 6) is -0.333. The number of thioether (sulfide) groups is 2. The lowest BCUT2D eigenvalue weighted by atomic mass is 10.0. The zero-order valence-corrected chi connectivity index (χ0v) is 33.4. The summed E-state index contributed by atoms with van der Waals surface area (Å²) < 4.78 is 63.9. The molecule has 0 N–H and O–H groups in total. The van der Waals surface area contributed by atoms with E-state index in [1.165, 1.54) is 67.4 Å². The molecule has 0 spiro atoms. The third kappa shape index (κ3) is 10.7. The fourth-order valence-corrected chi connectivity index (χ4v) is 10.8. The molecule has 2 aromatic carbocycles. The van der Waals surface area contributed by atoms with Gasteiger partial charge in [-0.25, -0.2) is 19.9 Å². The molecule has 6 atom stereocenters. The highest BCUT2D eigenvalue weighted by molar-refractivity contribution is 9.10. The van der Waals surface area contributed by atoms with Crippen molar-refractivity contribution >= 4 is 49.6 Å². The minimum absolute atomic E-state index is 0.333. The third-order valence-electron chi connectivity index (χ3n) is 10.3. The van der Waals surface area contributed by atoms with Gasteiger partial charge in [0.15, 0.2) is 0 Å². The van der Waals surface area contributed by atoms with E-state index >= 15 is 0 Å². The maximum absolute atomic E-state index is 12.3. The molecule has 6 heterocycles. The smallest absolute Gasteiger partial charge is 0.376 e. The van der Waals surface area contributed by atoms with Crippen molar-refractivity contribution in [3.8, 4) is 16.9 Å². The molecule has 0 aliphatic carbocycles. The zero-order valence-electron chi connectivity index (χ0n) is 29.3. The summed E-state index contributed by atoms with van der Waals surface area (Å²) >= 11 is 6.94. The Kier molecular flexibility index (Phi) is 13.4. The second kappa shape index (κ2) is 17.8. The van der Waals surface area contributed by atoms with Gasteiger partial charge in [-0.15, -0.1) is 23.5 Å². The van der Waals surface area contributed by atoms with Crippen LogP contribution in [0.25, 0.3) is 11.1 Å². The Balaban J connectivity index is 0.000000154. The van der Waals surface area contributed by atoms with E-state index in [0.29, 0.717) is 17.3 Å². The van der Waals surface area contributed by atoms with Crippen molar-refractivity contribution in [1.82, 2.24) is 29.7 Å². The molecule has 4 fully saturated rings. The lowest BCUT2D eigenvalue weighted by molar-refractivity contribution is -0.0500. The van der Waals surface area contributed by atoms with Crippen LogP contribution in [0.15, 0.2) is 100 Å². The van der Waals surface area contributed by atoms with Crippen LogP contribution >= 0.6 is 39.5 Å². The molecule has 16 heteroatoms. The maximum atomic E-state index is 12.3. The van der Waals surface area contributed by atoms with Crippen LogP contribution < -0.4 is 4.18 Å². The molecule has 0 radical (unpaired) electrons. The summed E-state index contributed by atoms with van der Waals surface area (Å²) in [7, 11) is -1.15. The van der Waals surface area contributed by atoms with Gasteiger partial charge in [0.05, 0.1) is 4.47 Å². The van der Waals surface area contributed by atoms with Crippen molar-refractivity contribution in [3.05, 3.63) is 90.4 Å². The van der Waals surface area contributed by atoms with Crippen molar-refractivity contribution in [1.29, 1.82) is 0 Å². The first-order chi connectivity index (χ1) is 25.3. The number of benzene rings is 2. The SMILES string of the molecule is Brc1cncnc1.CN1[C@@H]2CC[C@H]1CC(Sc1ccc(-c3cncnc3)cc1)C2.CN1[C@@H]2CC[C@H]1CC(Sc1ccc(OS(=O)(=O)C(F)(F)F)cc1)C2. The van der Waals surface area contributed by atoms with E-state index in [-0.39, 0.29) is 5.75 Å². The molecule has 0 saturated carbocycles. The summed E-state index contributed by atoms with van der Waals surface area (Å²) in [6.45, 7) is 0. The Morgan fingerprint density at radius 1 is 0.660 bits per heavy atom. The molecule has 284 valence electrons. The third-order valence-corrected chi connectivity index (χ3v) is 14.2. The Bertz CT molecular complexity index is 1840. The lowest BCUT2D eigenvalue weighted by Gasteiger charge is -2.36. The van der Waals surface area contributed by atoms with Crippen LogP contribution in [0.5, 0.6) is 5.75 Å². The molecule has 4 aliphatic rings. The average molecular weight is 852 g/mol. The zero-order chi connectivity index (χ0) is 37.6. The van der Waals surface area contributed by atoms with Crippen LogP contribution in [-0.4, -0.2) is 92.4 Å². The molecule has 8 rings (SSSR count). The molecule has 4 aromatic rings. The number of aromatic nitrogens is 4. The van der Waals surface area contributed by atoms with Gasteiger partial charge in [-0.05, 0) is 123 Å². The van der Waals surface area contributed by atoms with Crippen LogP contribution in [0, 0.1) is 0 Å². The van der Waals surface area contributed by atoms with Crippen molar-refractivity contribution in [3.63, 3.8) is 0 Å². The van der Waals surface area contributed by atoms with Crippen molar-refractivity contribution in [2.45, 2.75) is 101 Å². The standard InChI is InChI=1S/C18H21N3S.C15H18F3NO3S2.C4H3BrN2/c1-21-15-4-5-16(21)9-18(8-15)22-17-6-2-13(3-7-17)14-10-19-12-20-11-14;1-19-10-2-3-11(19)9-14(8-10)23-13-6-4-12(5-7-13)22-24(20,21)15(16,17)18;5-4-1-6-3-7-2-4/h2-3,6-7,10-12,15-16,18H,4-5,8-9H2,1H3;4-7,10-11,14H,2-3,8-9H2,1H3;1-3H/t15-,16+,18?;10-,11+,14?;. The van der Waals surface area contributed by atoms with Gasteiger partial charge < -0.3 is 14.0 Å². The van der Waals surface area contributed by atoms with Gasteiger partial charge in [0.25, 0.3) is 0 Å². The Morgan fingerprint density at radius 2 is 1.06 bits per heavy atom. The Morgan fingerprint density at radius 3 is 1.43 bits per heavy atom. The minimum Gasteiger partial charge on any atom is -0.376 e. The normalized spacial score (nSPS) is 25.5. The summed E-state index contributed by atoms with van der Waals surface area (Å²) in [4.78, 5) is 23.0. The molecule has 53 heavy (non-hydrogen) atoms. The Labute approximate surface area is 326 Å². The number of piperidine rings is 2. The fourth-order valence-electron chi connectivity index (χ4n) is 7.50. The van der Waals surface area contributed by atoms with E-state index in [9.17, 15) is 21.6 Å². The van der Waals surface area contributed by atoms with Gasteiger partial charge in [0.2, 0.25) is 0 Å². The minimum atomic E-state index is -5.62. The molecular formula is C37H42BrF3N6O3S3. The largest absolute Gasteiger partial charge is 0.534 e. The monoisotopic (exact) mass is 850 g/mol. The van der Waals surface area contributed by atoms with Gasteiger partial charge in [0.1, 0.15) is 18.4 Å². The first-order valence-electron chi connectivity index (χ1n) is 17.5. The van der Waals surface area contributed by atoms with Crippen LogP contribution in [0.3, 0.4) is 0 Å². The van der Waals surface area contributed by atoms with Gasteiger partial charge in [-0.2, -0.15) is 21.6 Å². The van der Waals surface area contributed by atoms with E-state index in [1.807, 2.05) is 12.4 Å². The topological polar surface area (TPSA) is 101 Å². The molecule has 4 aliphatic heterocycles. The predicted molar refractivity (Wildman–Crippen MR) is 206 cm³/mol. The molecule has 2 aromatic heterocycles. The average Bonchev–Trinajstić information content (AvgIpc) is 3.45. The van der Waals surface area contributed by atoms with Crippen LogP contribution in [-0.2, 0) is 10.1 Å². The summed E-state index contributed by atoms with van der Waals surface area (Å²) in [6.07, 6.45) is 20.3. The van der Waals surface area contributed by atoms with Gasteiger partial charge in [0, 0.05) is 74.8 Å². The summed E-state index contributed by atoms with van der Waals surface area (Å²) in [5, 5.41) is 1.25. The summed E-state index contributed by atoms with van der Waals surface area (Å²) in [5.41, 5.74) is -3.15. The van der Waals surface area contributed by atoms with Crippen molar-refractivity contribution in [2.75, 3.05) is 14.1 Å². The van der Waals surface area contributed by atoms with Crippen LogP contribution in [0.1, 0.15) is 51.4 Å². The van der Waals surface area contributed by atoms with Crippen molar-refractivity contribution < 1.29 is 25.8 Å². The quantitative estimate of drug-likeness (QED) is 0.132. The van der Waals surface area contributed by atoms with Crippen molar-refractivity contribution in [2.24, 2.45) is 0 Å². The van der Waals surface area contributed by atoms with Crippen LogP contribution in [0.2, 0.25) is 0 Å². The van der Waals surface area contributed by atoms with E-state index in [1.54, 1.807) is 42.6 Å². The number of rotatable bonds is 7. The molecule has 4 bridgehead atoms. The Hall–Kier alpha value is -2.76. The second-order valence-electron chi connectivity index (χ2n) is 13.7. The van der Waals surface area contributed by atoms with E-state index in [4.69, 9.17) is 0 Å². The fraction of sp³-hybridized carbons (Fsp3) is 0.459. The molecule has 2 unspecified atom stereocenters. The second-order valence-corrected chi connectivity index (χ2v) is 18.9. The van der Waals surface area contributed by atoms with E-state index in [0.717, 1.165) is 45.1 Å². The predicted octanol–water partition coefficient (Wildman–Crippen LogP) is 8.73. The molecule has 4 saturated heterocycles. The van der Waals surface area contributed by atoms with Gasteiger partial charge in [-0.3, -0.25) is 0 Å². The molecule has 9 nitrogen and oxygen atoms in total. The number of nitrogens with zero attached hydrogens (tertiary/aromatic N) is 6. The van der Waals surface area contributed by atoms with Gasteiger partial charge >= 0.3 is 15.6 Å². The number of halogens is 4. The first-order valence-corrected chi connectivity index (χ1v) is 21.4. The highest BCUT2D eigenvalue weighted by Crippen LogP contribution is 2.43. The number of hydrogen-bond donors (Lipinski definition) is 0. The van der Waals surface area contributed by atoms with Gasteiger partial charge in [-0.1, -0.05) is 12.1 Å². The summed E-state index contributed by atoms with van der Waals surface area (Å²) in [6, 6.07) is 17.4. The van der Waals surface area contributed by atoms with E-state index in [2.05, 4.69) is 100.0 Å². The molecule has 0 amide bonds.